The largest absolute Gasteiger partial charge is 0.469 e. The van der Waals surface area contributed by atoms with E-state index in [1.807, 2.05) is 28.4 Å². The molecule has 0 N–H and O–H groups in total. The molecule has 0 aromatic carbocycles. The van der Waals surface area contributed by atoms with Gasteiger partial charge < -0.3 is 23.7 Å². The summed E-state index contributed by atoms with van der Waals surface area (Å²) >= 11 is 0. The van der Waals surface area contributed by atoms with Gasteiger partial charge in [0, 0.05) is 35.0 Å². The van der Waals surface area contributed by atoms with E-state index in [1.54, 1.807) is 7.11 Å². The number of methoxy groups -OCH3 is 5. The summed E-state index contributed by atoms with van der Waals surface area (Å²) < 4.78 is 29.0. The number of fused-ring (bicyclic) bond motifs is 14. The van der Waals surface area contributed by atoms with Crippen LogP contribution in [0.4, 0.5) is 0 Å². The Hall–Kier alpha value is -0.950. The maximum atomic E-state index is 13.5. The van der Waals surface area contributed by atoms with Crippen molar-refractivity contribution in [2.24, 2.45) is 119 Å². The van der Waals surface area contributed by atoms with Crippen LogP contribution in [0.1, 0.15) is 212 Å². The van der Waals surface area contributed by atoms with E-state index in [0.29, 0.717) is 74.3 Å². The fourth-order valence-electron chi connectivity index (χ4n) is 24.7. The molecule has 0 aromatic heterocycles. The minimum absolute atomic E-state index is 0.0780. The molecule has 6 heteroatoms. The summed E-state index contributed by atoms with van der Waals surface area (Å²) in [5, 5.41) is 0. The first kappa shape index (κ1) is 54.8. The number of carbonyl (C=O) groups excluding carboxylic acids is 1. The van der Waals surface area contributed by atoms with Gasteiger partial charge >= 0.3 is 5.97 Å². The molecule has 0 amide bonds. The molecule has 10 aliphatic rings. The van der Waals surface area contributed by atoms with Crippen molar-refractivity contribution in [2.45, 2.75) is 224 Å². The van der Waals surface area contributed by atoms with E-state index < -0.39 is 0 Å². The molecule has 6 nitrogen and oxygen atoms in total. The zero-order chi connectivity index (χ0) is 51.8. The van der Waals surface area contributed by atoms with Crippen molar-refractivity contribution in [1.82, 2.24) is 0 Å². The summed E-state index contributed by atoms with van der Waals surface area (Å²) in [4.78, 5) is 13.5. The third-order valence-electron chi connectivity index (χ3n) is 28.4. The summed E-state index contributed by atoms with van der Waals surface area (Å²) in [7, 11) is 9.16. The average molecular weight is 988 g/mol. The molecule has 0 aliphatic heterocycles. The molecular weight excluding hydrogens is 877 g/mol. The Morgan fingerprint density at radius 2 is 1.01 bits per heavy atom. The smallest absolute Gasteiger partial charge is 0.312 e. The summed E-state index contributed by atoms with van der Waals surface area (Å²) in [6.07, 6.45) is 26.7. The minimum Gasteiger partial charge on any atom is -0.469 e. The van der Waals surface area contributed by atoms with E-state index >= 15 is 0 Å². The molecule has 0 saturated heterocycles. The summed E-state index contributed by atoms with van der Waals surface area (Å²) in [6.45, 7) is 37.4. The summed E-state index contributed by atoms with van der Waals surface area (Å²) in [5.41, 5.74) is 4.41. The maximum Gasteiger partial charge on any atom is 0.312 e. The van der Waals surface area contributed by atoms with Crippen molar-refractivity contribution in [3.8, 4) is 0 Å². The highest BCUT2D eigenvalue weighted by Gasteiger charge is 2.74. The Morgan fingerprint density at radius 3 is 1.49 bits per heavy atom. The molecule has 10 rings (SSSR count). The lowest BCUT2D eigenvalue weighted by molar-refractivity contribution is -0.252. The lowest BCUT2D eigenvalue weighted by atomic mass is 9.32. The zero-order valence-electron chi connectivity index (χ0n) is 49.2. The van der Waals surface area contributed by atoms with Crippen LogP contribution in [0.3, 0.4) is 0 Å². The lowest BCUT2D eigenvalue weighted by Crippen LogP contribution is -2.67. The molecule has 0 heterocycles. The van der Waals surface area contributed by atoms with Crippen LogP contribution in [0.5, 0.6) is 0 Å². The van der Waals surface area contributed by atoms with Crippen LogP contribution < -0.4 is 0 Å². The number of esters is 1. The molecule has 0 radical (unpaired) electrons. The van der Waals surface area contributed by atoms with E-state index in [0.717, 1.165) is 68.0 Å². The van der Waals surface area contributed by atoms with Gasteiger partial charge in [-0.05, 0) is 248 Å². The summed E-state index contributed by atoms with van der Waals surface area (Å²) in [5.74, 6) is 7.54. The van der Waals surface area contributed by atoms with Gasteiger partial charge in [-0.25, -0.2) is 0 Å². The van der Waals surface area contributed by atoms with Gasteiger partial charge in [0.1, 0.15) is 0 Å². The molecule has 10 fully saturated rings. The molecule has 406 valence electrons. The van der Waals surface area contributed by atoms with Crippen molar-refractivity contribution < 1.29 is 28.5 Å². The van der Waals surface area contributed by atoms with Gasteiger partial charge in [-0.15, -0.1) is 0 Å². The molecule has 0 bridgehead atoms. The van der Waals surface area contributed by atoms with Crippen molar-refractivity contribution in [2.75, 3.05) is 48.8 Å². The zero-order valence-corrected chi connectivity index (χ0v) is 49.2. The fraction of sp³-hybridized carbons (Fsp3) is 0.954. The first-order chi connectivity index (χ1) is 33.3. The highest BCUT2D eigenvalue weighted by molar-refractivity contribution is 5.78. The average Bonchev–Trinajstić information content (AvgIpc) is 3.89. The Kier molecular flexibility index (Phi) is 14.4. The quantitative estimate of drug-likeness (QED) is 0.169. The van der Waals surface area contributed by atoms with Crippen LogP contribution in [-0.4, -0.2) is 66.9 Å². The van der Waals surface area contributed by atoms with E-state index in [1.165, 1.54) is 115 Å². The third kappa shape index (κ3) is 7.53. The number of rotatable bonds is 9. The van der Waals surface area contributed by atoms with Crippen LogP contribution in [0.2, 0.25) is 0 Å². The van der Waals surface area contributed by atoms with Crippen molar-refractivity contribution in [3.63, 3.8) is 0 Å². The second-order valence-electron chi connectivity index (χ2n) is 30.7. The molecule has 21 atom stereocenters. The summed E-state index contributed by atoms with van der Waals surface area (Å²) in [6, 6.07) is 0. The third-order valence-corrected chi connectivity index (χ3v) is 28.4. The number of carbonyl (C=O) groups is 1. The predicted octanol–water partition coefficient (Wildman–Crippen LogP) is 15.8. The van der Waals surface area contributed by atoms with Crippen LogP contribution in [0, 0.1) is 119 Å². The monoisotopic (exact) mass is 987 g/mol. The highest BCUT2D eigenvalue weighted by atomic mass is 16.5. The maximum absolute atomic E-state index is 13.5. The molecule has 0 aromatic rings. The van der Waals surface area contributed by atoms with E-state index in [-0.39, 0.29) is 27.6 Å². The van der Waals surface area contributed by atoms with Gasteiger partial charge in [0.15, 0.2) is 0 Å². The van der Waals surface area contributed by atoms with E-state index in [2.05, 4.69) is 89.7 Å². The molecule has 71 heavy (non-hydrogen) atoms. The van der Waals surface area contributed by atoms with Crippen LogP contribution >= 0.6 is 0 Å². The Balaban J connectivity index is 0.000000176. The van der Waals surface area contributed by atoms with Crippen LogP contribution in [0.15, 0.2) is 12.2 Å². The van der Waals surface area contributed by atoms with Crippen LogP contribution in [-0.2, 0) is 28.5 Å². The molecule has 10 aliphatic carbocycles. The van der Waals surface area contributed by atoms with Gasteiger partial charge in [-0.2, -0.15) is 0 Å². The van der Waals surface area contributed by atoms with Crippen molar-refractivity contribution >= 4 is 5.97 Å². The normalized spacial score (nSPS) is 52.5. The Labute approximate surface area is 436 Å². The topological polar surface area (TPSA) is 63.2 Å². The van der Waals surface area contributed by atoms with Gasteiger partial charge in [-0.1, -0.05) is 89.7 Å². The van der Waals surface area contributed by atoms with Gasteiger partial charge in [-0.3, -0.25) is 4.79 Å². The lowest BCUT2D eigenvalue weighted by Gasteiger charge is -2.73. The van der Waals surface area contributed by atoms with Crippen molar-refractivity contribution in [1.29, 1.82) is 0 Å². The fourth-order valence-corrected chi connectivity index (χ4v) is 24.7. The SMILES string of the molecule is C=C(COC)[C@@H]1CC[C@]2(C)CC[C@]3(C)C(CCC4[C@@]5(C)CCC(OC)C(C)(C)C5CC[C@]43C)C12.COCC(C)[C@@H]1CCC2(C(=O)OC)CC[C@]3(C)C(CCC4[C@@]5(C)CCC(OC)C(C)(C)C5CC[C@]43C)C12. The van der Waals surface area contributed by atoms with Gasteiger partial charge in [0.2, 0.25) is 0 Å². The molecule has 12 unspecified atom stereocenters. The first-order valence-electron chi connectivity index (χ1n) is 30.1. The Morgan fingerprint density at radius 1 is 0.507 bits per heavy atom. The number of ether oxygens (including phenoxy) is 5. The molecule has 10 saturated carbocycles. The second-order valence-corrected chi connectivity index (χ2v) is 30.7. The minimum atomic E-state index is -0.283. The highest BCUT2D eigenvalue weighted by Crippen LogP contribution is 2.80. The van der Waals surface area contributed by atoms with Crippen molar-refractivity contribution in [3.05, 3.63) is 12.2 Å². The van der Waals surface area contributed by atoms with E-state index in [4.69, 9.17) is 23.7 Å². The first-order valence-corrected chi connectivity index (χ1v) is 30.1. The van der Waals surface area contributed by atoms with Gasteiger partial charge in [0.05, 0.1) is 31.3 Å². The standard InChI is InChI=1S/C33H56O4.C32H54O2/c1-21(20-35-7)22-12-17-33(28(34)37-9)19-18-31(5)23(27(22)33)10-11-25-30(4)15-14-26(36-8)29(2,3)24(30)13-16-32(25,31)6;1-21(20-33-8)22-12-15-29(4)18-19-31(6)23(27(22)29)10-11-25-30(5)16-14-26(34-9)28(2,3)24(30)13-17-32(25,31)7/h21-27H,10-20H2,1-9H3;22-27H,1,10-20H2,2-9H3/t21?,22-,23?,24?,25?,26?,27?,30-,31+,32+,33?;22-,23?,24?,25?,26?,27?,29+,30-,31+,32+/m00/s1. The molecule has 0 spiro atoms. The van der Waals surface area contributed by atoms with Gasteiger partial charge in [0.25, 0.3) is 0 Å². The van der Waals surface area contributed by atoms with Crippen LogP contribution in [0.25, 0.3) is 0 Å². The number of hydrogen-bond acceptors (Lipinski definition) is 6. The second kappa shape index (κ2) is 18.6. The predicted molar refractivity (Wildman–Crippen MR) is 290 cm³/mol. The Bertz CT molecular complexity index is 1980. The van der Waals surface area contributed by atoms with E-state index in [9.17, 15) is 4.79 Å². The molecular formula is C65H110O6. The number of hydrogen-bond donors (Lipinski definition) is 0.